The standard InChI is InChI=1S/C8H7IO.C6H14O2.C2H4/c1-6(10)7-2-4-8(9)5-3-7;1-4-7-6(3)8-5-2;1-2/h2-5H,1H3;6H,4-5H2,1-3H3;1-2H2. The summed E-state index contributed by atoms with van der Waals surface area (Å²) in [5.41, 5.74) is 0.778. The lowest BCUT2D eigenvalue weighted by Crippen LogP contribution is -2.11. The average molecular weight is 392 g/mol. The molecule has 0 radical (unpaired) electrons. The number of ketones is 1. The van der Waals surface area contributed by atoms with E-state index in [9.17, 15) is 4.79 Å². The van der Waals surface area contributed by atoms with Gasteiger partial charge in [0.15, 0.2) is 12.1 Å². The molecule has 1 rings (SSSR count). The van der Waals surface area contributed by atoms with Gasteiger partial charge in [0, 0.05) is 22.3 Å². The Kier molecular flexibility index (Phi) is 15.8. The molecule has 0 aliphatic carbocycles. The van der Waals surface area contributed by atoms with E-state index in [0.29, 0.717) is 0 Å². The quantitative estimate of drug-likeness (QED) is 0.315. The van der Waals surface area contributed by atoms with Crippen molar-refractivity contribution in [2.24, 2.45) is 0 Å². The van der Waals surface area contributed by atoms with E-state index in [1.54, 1.807) is 6.92 Å². The Bertz CT molecular complexity index is 343. The van der Waals surface area contributed by atoms with Crippen LogP contribution in [0.5, 0.6) is 0 Å². The molecule has 114 valence electrons. The Hall–Kier alpha value is -0.720. The minimum atomic E-state index is -0.0370. The van der Waals surface area contributed by atoms with Crippen molar-refractivity contribution in [3.8, 4) is 0 Å². The number of rotatable bonds is 5. The van der Waals surface area contributed by atoms with Gasteiger partial charge in [0.05, 0.1) is 0 Å². The number of hydrogen-bond donors (Lipinski definition) is 0. The molecule has 0 N–H and O–H groups in total. The maximum Gasteiger partial charge on any atom is 0.159 e. The van der Waals surface area contributed by atoms with Crippen molar-refractivity contribution in [2.45, 2.75) is 34.0 Å². The van der Waals surface area contributed by atoms with Gasteiger partial charge in [-0.1, -0.05) is 12.1 Å². The lowest BCUT2D eigenvalue weighted by atomic mass is 10.2. The molecule has 0 bridgehead atoms. The van der Waals surface area contributed by atoms with E-state index in [1.165, 1.54) is 0 Å². The third-order valence-corrected chi connectivity index (χ3v) is 2.77. The fraction of sp³-hybridized carbons (Fsp3) is 0.438. The second-order valence-electron chi connectivity index (χ2n) is 3.54. The Morgan fingerprint density at radius 2 is 1.55 bits per heavy atom. The molecule has 0 saturated heterocycles. The molecule has 0 aromatic heterocycles. The van der Waals surface area contributed by atoms with Crippen molar-refractivity contribution in [3.63, 3.8) is 0 Å². The summed E-state index contributed by atoms with van der Waals surface area (Å²) in [7, 11) is 0. The van der Waals surface area contributed by atoms with Crippen molar-refractivity contribution in [1.82, 2.24) is 0 Å². The summed E-state index contributed by atoms with van der Waals surface area (Å²) in [6, 6.07) is 7.53. The molecule has 0 aliphatic rings. The van der Waals surface area contributed by atoms with Crippen LogP contribution in [0.2, 0.25) is 0 Å². The second kappa shape index (κ2) is 14.7. The van der Waals surface area contributed by atoms with E-state index >= 15 is 0 Å². The zero-order valence-corrected chi connectivity index (χ0v) is 15.0. The number of carbonyl (C=O) groups is 1. The molecule has 20 heavy (non-hydrogen) atoms. The lowest BCUT2D eigenvalue weighted by Gasteiger charge is -2.09. The average Bonchev–Trinajstić information content (AvgIpc) is 2.43. The van der Waals surface area contributed by atoms with Gasteiger partial charge in [0.25, 0.3) is 0 Å². The van der Waals surface area contributed by atoms with Crippen LogP contribution in [0.25, 0.3) is 0 Å². The van der Waals surface area contributed by atoms with E-state index in [-0.39, 0.29) is 12.1 Å². The smallest absolute Gasteiger partial charge is 0.159 e. The second-order valence-corrected chi connectivity index (χ2v) is 4.79. The maximum atomic E-state index is 10.8. The highest BCUT2D eigenvalue weighted by molar-refractivity contribution is 14.1. The lowest BCUT2D eigenvalue weighted by molar-refractivity contribution is -0.123. The number of benzene rings is 1. The van der Waals surface area contributed by atoms with E-state index in [2.05, 4.69) is 35.7 Å². The summed E-state index contributed by atoms with van der Waals surface area (Å²) >= 11 is 2.21. The van der Waals surface area contributed by atoms with Gasteiger partial charge < -0.3 is 9.47 Å². The molecule has 0 unspecified atom stereocenters. The van der Waals surface area contributed by atoms with E-state index < -0.39 is 0 Å². The van der Waals surface area contributed by atoms with Crippen LogP contribution in [0.1, 0.15) is 38.1 Å². The van der Waals surface area contributed by atoms with Crippen LogP contribution in [0, 0.1) is 3.57 Å². The third-order valence-electron chi connectivity index (χ3n) is 2.05. The van der Waals surface area contributed by atoms with E-state index in [4.69, 9.17) is 9.47 Å². The van der Waals surface area contributed by atoms with Crippen LogP contribution >= 0.6 is 22.6 Å². The molecule has 3 nitrogen and oxygen atoms in total. The molecule has 1 aromatic carbocycles. The molecule has 0 aliphatic heterocycles. The minimum Gasteiger partial charge on any atom is -0.353 e. The SMILES string of the molecule is C=C.CC(=O)c1ccc(I)cc1.CCOC(C)OCC. The highest BCUT2D eigenvalue weighted by Gasteiger charge is 1.96. The molecule has 0 spiro atoms. The van der Waals surface area contributed by atoms with Crippen LogP contribution in [0.4, 0.5) is 0 Å². The molecule has 0 atom stereocenters. The van der Waals surface area contributed by atoms with Crippen LogP contribution in [0.3, 0.4) is 0 Å². The molecular formula is C16H25IO3. The largest absolute Gasteiger partial charge is 0.353 e. The van der Waals surface area contributed by atoms with Crippen LogP contribution < -0.4 is 0 Å². The fourth-order valence-electron chi connectivity index (χ4n) is 1.20. The summed E-state index contributed by atoms with van der Waals surface area (Å²) in [5, 5.41) is 0. The van der Waals surface area contributed by atoms with Crippen LogP contribution in [0.15, 0.2) is 37.4 Å². The predicted molar refractivity (Wildman–Crippen MR) is 93.1 cm³/mol. The normalized spacial score (nSPS) is 9.10. The predicted octanol–water partition coefficient (Wildman–Crippen LogP) is 4.70. The monoisotopic (exact) mass is 392 g/mol. The Balaban J connectivity index is 0. The molecule has 0 fully saturated rings. The summed E-state index contributed by atoms with van der Waals surface area (Å²) in [4.78, 5) is 10.8. The van der Waals surface area contributed by atoms with Crippen molar-refractivity contribution in [1.29, 1.82) is 0 Å². The zero-order chi connectivity index (χ0) is 16.0. The number of carbonyl (C=O) groups excluding carboxylic acids is 1. The van der Waals surface area contributed by atoms with Gasteiger partial charge in [-0.05, 0) is 62.4 Å². The number of hydrogen-bond acceptors (Lipinski definition) is 3. The fourth-order valence-corrected chi connectivity index (χ4v) is 1.56. The number of halogens is 1. The van der Waals surface area contributed by atoms with E-state index in [0.717, 1.165) is 22.3 Å². The van der Waals surface area contributed by atoms with Crippen LogP contribution in [-0.2, 0) is 9.47 Å². The first-order valence-corrected chi connectivity index (χ1v) is 7.58. The van der Waals surface area contributed by atoms with Gasteiger partial charge in [-0.2, -0.15) is 0 Å². The van der Waals surface area contributed by atoms with Crippen molar-refractivity contribution < 1.29 is 14.3 Å². The molecule has 1 aromatic rings. The van der Waals surface area contributed by atoms with Crippen molar-refractivity contribution in [3.05, 3.63) is 46.6 Å². The highest BCUT2D eigenvalue weighted by Crippen LogP contribution is 2.06. The summed E-state index contributed by atoms with van der Waals surface area (Å²) in [6.45, 7) is 14.8. The molecule has 0 amide bonds. The van der Waals surface area contributed by atoms with Gasteiger partial charge in [0.2, 0.25) is 0 Å². The Morgan fingerprint density at radius 3 is 1.85 bits per heavy atom. The van der Waals surface area contributed by atoms with Crippen molar-refractivity contribution in [2.75, 3.05) is 13.2 Å². The number of Topliss-reactive ketones (excluding diaryl/α,β-unsaturated/α-hetero) is 1. The third kappa shape index (κ3) is 12.3. The van der Waals surface area contributed by atoms with Gasteiger partial charge in [-0.15, -0.1) is 13.2 Å². The summed E-state index contributed by atoms with van der Waals surface area (Å²) in [6.07, 6.45) is -0.0370. The molecule has 0 heterocycles. The van der Waals surface area contributed by atoms with Gasteiger partial charge in [0.1, 0.15) is 0 Å². The maximum absolute atomic E-state index is 10.8. The van der Waals surface area contributed by atoms with Gasteiger partial charge in [-0.25, -0.2) is 0 Å². The first-order valence-electron chi connectivity index (χ1n) is 6.50. The van der Waals surface area contributed by atoms with Crippen LogP contribution in [-0.4, -0.2) is 25.3 Å². The summed E-state index contributed by atoms with van der Waals surface area (Å²) in [5.74, 6) is 0.122. The Morgan fingerprint density at radius 1 is 1.15 bits per heavy atom. The summed E-state index contributed by atoms with van der Waals surface area (Å²) < 4.78 is 11.3. The topological polar surface area (TPSA) is 35.5 Å². The minimum absolute atomic E-state index is 0.0370. The van der Waals surface area contributed by atoms with Crippen molar-refractivity contribution >= 4 is 28.4 Å². The Labute approximate surface area is 136 Å². The van der Waals surface area contributed by atoms with E-state index in [1.807, 2.05) is 45.0 Å². The zero-order valence-electron chi connectivity index (χ0n) is 12.8. The van der Waals surface area contributed by atoms with Gasteiger partial charge >= 0.3 is 0 Å². The first kappa shape index (κ1) is 21.6. The molecule has 0 saturated carbocycles. The van der Waals surface area contributed by atoms with Gasteiger partial charge in [-0.3, -0.25) is 4.79 Å². The molecule has 4 heteroatoms. The molecular weight excluding hydrogens is 367 g/mol. The number of ether oxygens (including phenoxy) is 2. The highest BCUT2D eigenvalue weighted by atomic mass is 127. The first-order chi connectivity index (χ1) is 9.51.